The summed E-state index contributed by atoms with van der Waals surface area (Å²) in [4.78, 5) is 23.0. The molecule has 0 saturated heterocycles. The zero-order valence-electron chi connectivity index (χ0n) is 12.8. The fraction of sp³-hybridized carbons (Fsp3) is 0.176. The van der Waals surface area contributed by atoms with Crippen LogP contribution >= 0.6 is 15.9 Å². The van der Waals surface area contributed by atoms with Gasteiger partial charge in [0, 0.05) is 4.47 Å². The molecule has 5 nitrogen and oxygen atoms in total. The summed E-state index contributed by atoms with van der Waals surface area (Å²) in [5.74, 6) is -2.03. The first-order valence-corrected chi connectivity index (χ1v) is 7.83. The van der Waals surface area contributed by atoms with E-state index in [4.69, 9.17) is 9.84 Å². The number of carbonyl (C=O) groups is 2. The van der Waals surface area contributed by atoms with Gasteiger partial charge in [-0.3, -0.25) is 4.79 Å². The molecule has 0 fully saturated rings. The van der Waals surface area contributed by atoms with Crippen molar-refractivity contribution in [2.75, 3.05) is 6.61 Å². The molecule has 24 heavy (non-hydrogen) atoms. The van der Waals surface area contributed by atoms with E-state index in [9.17, 15) is 14.1 Å². The lowest BCUT2D eigenvalue weighted by atomic mass is 10.1. The molecule has 2 aromatic rings. The van der Waals surface area contributed by atoms with Gasteiger partial charge in [-0.25, -0.2) is 4.79 Å². The monoisotopic (exact) mass is 395 g/mol. The van der Waals surface area contributed by atoms with Crippen LogP contribution in [0.15, 0.2) is 46.9 Å². The number of hydrogen-bond donors (Lipinski definition) is 1. The van der Waals surface area contributed by atoms with Crippen LogP contribution in [0.1, 0.15) is 21.5 Å². The molecule has 0 aliphatic carbocycles. The van der Waals surface area contributed by atoms with Crippen molar-refractivity contribution in [3.8, 4) is 5.75 Å². The number of ether oxygens (including phenoxy) is 1. The van der Waals surface area contributed by atoms with Gasteiger partial charge in [-0.1, -0.05) is 44.2 Å². The molecular weight excluding hydrogens is 381 g/mol. The first-order chi connectivity index (χ1) is 11.4. The van der Waals surface area contributed by atoms with E-state index in [0.717, 1.165) is 10.0 Å². The van der Waals surface area contributed by atoms with E-state index in [1.807, 2.05) is 0 Å². The summed E-state index contributed by atoms with van der Waals surface area (Å²) >= 11 is 3.28. The summed E-state index contributed by atoms with van der Waals surface area (Å²) in [6.07, 6.45) is 0. The minimum absolute atomic E-state index is 0.0177. The third kappa shape index (κ3) is 4.79. The van der Waals surface area contributed by atoms with Gasteiger partial charge in [0.05, 0.1) is 12.1 Å². The highest BCUT2D eigenvalue weighted by Gasteiger charge is 2.21. The minimum atomic E-state index is -1.18. The highest BCUT2D eigenvalue weighted by atomic mass is 79.9. The Bertz CT molecular complexity index is 749. The molecule has 126 valence electrons. The number of aliphatic carboxylic acids is 1. The van der Waals surface area contributed by atoms with Crippen molar-refractivity contribution in [2.24, 2.45) is 0 Å². The van der Waals surface area contributed by atoms with Crippen LogP contribution in [0.25, 0.3) is 0 Å². The highest BCUT2D eigenvalue weighted by molar-refractivity contribution is 9.10. The molecule has 0 aromatic heterocycles. The maximum absolute atomic E-state index is 14.3. The van der Waals surface area contributed by atoms with E-state index in [-0.39, 0.29) is 23.0 Å². The zero-order chi connectivity index (χ0) is 17.7. The first kappa shape index (κ1) is 17.9. The van der Waals surface area contributed by atoms with Gasteiger partial charge in [-0.05, 0) is 36.8 Å². The largest absolute Gasteiger partial charge is 0.481 e. The third-order valence-electron chi connectivity index (χ3n) is 3.17. The van der Waals surface area contributed by atoms with Crippen LogP contribution < -0.4 is 4.74 Å². The van der Waals surface area contributed by atoms with Crippen LogP contribution in [-0.4, -0.2) is 28.7 Å². The molecule has 0 saturated carbocycles. The van der Waals surface area contributed by atoms with Gasteiger partial charge in [0.1, 0.15) is 5.75 Å². The molecule has 2 aromatic carbocycles. The summed E-state index contributed by atoms with van der Waals surface area (Å²) in [6.45, 7) is 0.913. The molecule has 0 unspecified atom stereocenters. The first-order valence-electron chi connectivity index (χ1n) is 7.04. The molecule has 0 spiro atoms. The highest BCUT2D eigenvalue weighted by Crippen LogP contribution is 2.23. The van der Waals surface area contributed by atoms with Crippen LogP contribution in [0.4, 0.5) is 4.48 Å². The predicted octanol–water partition coefficient (Wildman–Crippen LogP) is 3.75. The SMILES string of the molecule is Cc1ccc(OCC(=O)O)c(C(=O)N(F)Cc2ccc(Br)cc2)c1. The maximum Gasteiger partial charge on any atom is 0.341 e. The van der Waals surface area contributed by atoms with Crippen LogP contribution in [0.5, 0.6) is 5.75 Å². The second-order valence-corrected chi connectivity index (χ2v) is 6.05. The summed E-state index contributed by atoms with van der Waals surface area (Å²) in [7, 11) is 0. The Morgan fingerprint density at radius 3 is 2.50 bits per heavy atom. The summed E-state index contributed by atoms with van der Waals surface area (Å²) in [5, 5.41) is 8.76. The smallest absolute Gasteiger partial charge is 0.341 e. The van der Waals surface area contributed by atoms with E-state index < -0.39 is 18.5 Å². The maximum atomic E-state index is 14.3. The predicted molar refractivity (Wildman–Crippen MR) is 89.4 cm³/mol. The van der Waals surface area contributed by atoms with Crippen LogP contribution in [0.2, 0.25) is 0 Å². The van der Waals surface area contributed by atoms with Gasteiger partial charge < -0.3 is 9.84 Å². The van der Waals surface area contributed by atoms with Crippen molar-refractivity contribution in [1.82, 2.24) is 5.12 Å². The molecule has 1 N–H and O–H groups in total. The van der Waals surface area contributed by atoms with Crippen molar-refractivity contribution in [3.05, 3.63) is 63.6 Å². The Balaban J connectivity index is 2.19. The summed E-state index contributed by atoms with van der Waals surface area (Å²) < 4.78 is 20.2. The number of carboxylic acids is 1. The second-order valence-electron chi connectivity index (χ2n) is 5.13. The van der Waals surface area contributed by atoms with Crippen LogP contribution in [0, 0.1) is 6.92 Å². The molecule has 0 aliphatic rings. The Labute approximate surface area is 146 Å². The van der Waals surface area contributed by atoms with Crippen molar-refractivity contribution in [3.63, 3.8) is 0 Å². The van der Waals surface area contributed by atoms with E-state index in [2.05, 4.69) is 15.9 Å². The van der Waals surface area contributed by atoms with Gasteiger partial charge in [0.15, 0.2) is 6.61 Å². The number of rotatable bonds is 6. The Kier molecular flexibility index (Phi) is 5.92. The second kappa shape index (κ2) is 7.92. The van der Waals surface area contributed by atoms with Crippen LogP contribution in [-0.2, 0) is 11.3 Å². The Morgan fingerprint density at radius 1 is 1.21 bits per heavy atom. The topological polar surface area (TPSA) is 66.8 Å². The molecule has 7 heteroatoms. The Hall–Kier alpha value is -2.41. The minimum Gasteiger partial charge on any atom is -0.481 e. The van der Waals surface area contributed by atoms with E-state index >= 15 is 0 Å². The molecule has 0 atom stereocenters. The Morgan fingerprint density at radius 2 is 1.88 bits per heavy atom. The number of carbonyl (C=O) groups excluding carboxylic acids is 1. The average molecular weight is 396 g/mol. The lowest BCUT2D eigenvalue weighted by molar-refractivity contribution is -0.139. The normalized spacial score (nSPS) is 10.3. The number of halogens is 2. The lowest BCUT2D eigenvalue weighted by Gasteiger charge is -2.15. The van der Waals surface area contributed by atoms with Gasteiger partial charge in [-0.15, -0.1) is 0 Å². The average Bonchev–Trinajstić information content (AvgIpc) is 2.55. The number of nitrogens with zero attached hydrogens (tertiary/aromatic N) is 1. The molecule has 0 bridgehead atoms. The van der Waals surface area contributed by atoms with E-state index in [1.165, 1.54) is 12.1 Å². The van der Waals surface area contributed by atoms with Gasteiger partial charge in [0.2, 0.25) is 0 Å². The summed E-state index contributed by atoms with van der Waals surface area (Å²) in [6, 6.07) is 11.5. The van der Waals surface area contributed by atoms with Crippen molar-refractivity contribution in [2.45, 2.75) is 13.5 Å². The molecule has 0 heterocycles. The molecular formula is C17H15BrFNO4. The van der Waals surface area contributed by atoms with E-state index in [0.29, 0.717) is 5.56 Å². The number of hydrogen-bond acceptors (Lipinski definition) is 3. The number of aryl methyl sites for hydroxylation is 1. The molecule has 0 aliphatic heterocycles. The fourth-order valence-electron chi connectivity index (χ4n) is 2.03. The number of carboxylic acid groups (broad SMARTS) is 1. The van der Waals surface area contributed by atoms with Gasteiger partial charge in [0.25, 0.3) is 5.91 Å². The quantitative estimate of drug-likeness (QED) is 0.756. The molecule has 2 rings (SSSR count). The van der Waals surface area contributed by atoms with Gasteiger partial charge in [-0.2, -0.15) is 5.12 Å². The molecule has 1 amide bonds. The van der Waals surface area contributed by atoms with E-state index in [1.54, 1.807) is 37.3 Å². The zero-order valence-corrected chi connectivity index (χ0v) is 14.4. The van der Waals surface area contributed by atoms with Crippen molar-refractivity contribution >= 4 is 27.8 Å². The third-order valence-corrected chi connectivity index (χ3v) is 3.70. The fourth-order valence-corrected chi connectivity index (χ4v) is 2.29. The number of amides is 1. The van der Waals surface area contributed by atoms with Crippen molar-refractivity contribution in [1.29, 1.82) is 0 Å². The molecule has 0 radical (unpaired) electrons. The van der Waals surface area contributed by atoms with Crippen LogP contribution in [0.3, 0.4) is 0 Å². The van der Waals surface area contributed by atoms with Gasteiger partial charge >= 0.3 is 5.97 Å². The number of benzene rings is 2. The summed E-state index contributed by atoms with van der Waals surface area (Å²) in [5.41, 5.74) is 1.34. The lowest BCUT2D eigenvalue weighted by Crippen LogP contribution is -2.23. The van der Waals surface area contributed by atoms with Crippen molar-refractivity contribution < 1.29 is 23.9 Å². The standard InChI is InChI=1S/C17H15BrFNO4/c1-11-2-7-15(24-10-16(21)22)14(8-11)17(23)20(19)9-12-3-5-13(18)6-4-12/h2-8H,9-10H2,1H3,(H,21,22).